The maximum Gasteiger partial charge on any atom is 0.335 e. The number of benzene rings is 1. The summed E-state index contributed by atoms with van der Waals surface area (Å²) < 4.78 is 0. The number of anilines is 1. The summed E-state index contributed by atoms with van der Waals surface area (Å²) in [5, 5.41) is 12.5. The van der Waals surface area contributed by atoms with Crippen LogP contribution in [-0.2, 0) is 6.54 Å². The van der Waals surface area contributed by atoms with Gasteiger partial charge in [0.15, 0.2) is 0 Å². The molecule has 2 N–H and O–H groups in total. The van der Waals surface area contributed by atoms with E-state index in [0.717, 1.165) is 16.8 Å². The number of aromatic carboxylic acids is 1. The Morgan fingerprint density at radius 1 is 1.37 bits per heavy atom. The van der Waals surface area contributed by atoms with Crippen molar-refractivity contribution in [3.63, 3.8) is 0 Å². The maximum absolute atomic E-state index is 10.7. The number of hydrogen-bond donors (Lipinski definition) is 2. The summed E-state index contributed by atoms with van der Waals surface area (Å²) in [5.41, 5.74) is 3.07. The third kappa shape index (κ3) is 3.45. The number of carboxylic acid groups (broad SMARTS) is 1. The molecule has 0 aliphatic heterocycles. The number of pyridine rings is 1. The monoisotopic (exact) mass is 276 g/mol. The Hall–Kier alpha value is -2.07. The van der Waals surface area contributed by atoms with Crippen molar-refractivity contribution in [2.75, 3.05) is 5.32 Å². The van der Waals surface area contributed by atoms with E-state index < -0.39 is 5.97 Å². The molecule has 5 heteroatoms. The summed E-state index contributed by atoms with van der Waals surface area (Å²) in [4.78, 5) is 14.8. The smallest absolute Gasteiger partial charge is 0.335 e. The predicted octanol–water partition coefficient (Wildman–Crippen LogP) is 3.35. The molecule has 0 saturated carbocycles. The highest BCUT2D eigenvalue weighted by Gasteiger charge is 2.02. The minimum atomic E-state index is -0.919. The molecule has 1 heterocycles. The third-order valence-electron chi connectivity index (χ3n) is 2.71. The number of carboxylic acids is 1. The Kier molecular flexibility index (Phi) is 4.02. The summed E-state index contributed by atoms with van der Waals surface area (Å²) >= 11 is 5.85. The van der Waals surface area contributed by atoms with Crippen molar-refractivity contribution in [2.24, 2.45) is 0 Å². The first-order chi connectivity index (χ1) is 9.06. The lowest BCUT2D eigenvalue weighted by molar-refractivity contribution is 0.0697. The van der Waals surface area contributed by atoms with E-state index in [1.54, 1.807) is 30.5 Å². The van der Waals surface area contributed by atoms with Crippen LogP contribution in [0.4, 0.5) is 5.69 Å². The van der Waals surface area contributed by atoms with Gasteiger partial charge in [0.2, 0.25) is 0 Å². The molecule has 0 radical (unpaired) electrons. The quantitative estimate of drug-likeness (QED) is 0.841. The van der Waals surface area contributed by atoms with Crippen LogP contribution >= 0.6 is 11.6 Å². The second-order valence-corrected chi connectivity index (χ2v) is 4.55. The minimum Gasteiger partial charge on any atom is -0.478 e. The van der Waals surface area contributed by atoms with Crippen LogP contribution in [0.1, 0.15) is 21.5 Å². The van der Waals surface area contributed by atoms with Crippen molar-refractivity contribution < 1.29 is 9.90 Å². The largest absolute Gasteiger partial charge is 0.478 e. The Morgan fingerprint density at radius 3 is 2.63 bits per heavy atom. The van der Waals surface area contributed by atoms with Gasteiger partial charge in [0.1, 0.15) is 5.15 Å². The molecule has 98 valence electrons. The van der Waals surface area contributed by atoms with Crippen molar-refractivity contribution in [2.45, 2.75) is 13.5 Å². The van der Waals surface area contributed by atoms with Crippen molar-refractivity contribution in [3.05, 3.63) is 58.4 Å². The molecule has 0 aliphatic rings. The molecule has 0 bridgehead atoms. The molecule has 0 aliphatic carbocycles. The topological polar surface area (TPSA) is 62.2 Å². The highest BCUT2D eigenvalue weighted by molar-refractivity contribution is 6.30. The molecule has 19 heavy (non-hydrogen) atoms. The lowest BCUT2D eigenvalue weighted by atomic mass is 10.1. The zero-order valence-electron chi connectivity index (χ0n) is 10.4. The molecule has 4 nitrogen and oxygen atoms in total. The summed E-state index contributed by atoms with van der Waals surface area (Å²) in [6.07, 6.45) is 1.67. The van der Waals surface area contributed by atoms with E-state index in [1.807, 2.05) is 13.0 Å². The number of aryl methyl sites for hydroxylation is 1. The van der Waals surface area contributed by atoms with Gasteiger partial charge in [0, 0.05) is 6.54 Å². The van der Waals surface area contributed by atoms with Gasteiger partial charge >= 0.3 is 5.97 Å². The minimum absolute atomic E-state index is 0.285. The molecule has 1 aromatic carbocycles. The normalized spacial score (nSPS) is 10.2. The highest BCUT2D eigenvalue weighted by Crippen LogP contribution is 2.16. The van der Waals surface area contributed by atoms with Gasteiger partial charge in [-0.3, -0.25) is 0 Å². The zero-order chi connectivity index (χ0) is 13.8. The van der Waals surface area contributed by atoms with E-state index in [4.69, 9.17) is 16.7 Å². The number of carbonyl (C=O) groups is 1. The van der Waals surface area contributed by atoms with Crippen molar-refractivity contribution in [1.82, 2.24) is 4.98 Å². The van der Waals surface area contributed by atoms with Crippen molar-refractivity contribution in [3.8, 4) is 0 Å². The Balaban J connectivity index is 2.01. The van der Waals surface area contributed by atoms with Gasteiger partial charge in [-0.1, -0.05) is 23.7 Å². The van der Waals surface area contributed by atoms with Gasteiger partial charge in [-0.25, -0.2) is 9.78 Å². The summed E-state index contributed by atoms with van der Waals surface area (Å²) in [7, 11) is 0. The first-order valence-electron chi connectivity index (χ1n) is 5.74. The van der Waals surface area contributed by atoms with Gasteiger partial charge in [0.05, 0.1) is 17.4 Å². The van der Waals surface area contributed by atoms with Crippen LogP contribution < -0.4 is 5.32 Å². The summed E-state index contributed by atoms with van der Waals surface area (Å²) in [6, 6.07) is 8.66. The van der Waals surface area contributed by atoms with E-state index in [2.05, 4.69) is 10.3 Å². The maximum atomic E-state index is 10.7. The van der Waals surface area contributed by atoms with Crippen molar-refractivity contribution >= 4 is 23.3 Å². The first kappa shape index (κ1) is 13.4. The number of nitrogens with one attached hydrogen (secondary N) is 1. The summed E-state index contributed by atoms with van der Waals surface area (Å²) in [5.74, 6) is -0.919. The number of rotatable bonds is 4. The molecular formula is C14H13ClN2O2. The number of aromatic nitrogens is 1. The molecule has 0 atom stereocenters. The van der Waals surface area contributed by atoms with Gasteiger partial charge in [0.25, 0.3) is 0 Å². The second kappa shape index (κ2) is 5.71. The predicted molar refractivity (Wildman–Crippen MR) is 74.7 cm³/mol. The Labute approximate surface area is 116 Å². The molecule has 0 unspecified atom stereocenters. The molecule has 0 amide bonds. The highest BCUT2D eigenvalue weighted by atomic mass is 35.5. The fourth-order valence-corrected chi connectivity index (χ4v) is 1.73. The van der Waals surface area contributed by atoms with Gasteiger partial charge in [-0.15, -0.1) is 0 Å². The lowest BCUT2D eigenvalue weighted by Crippen LogP contribution is -2.01. The van der Waals surface area contributed by atoms with E-state index in [1.165, 1.54) is 0 Å². The van der Waals surface area contributed by atoms with Gasteiger partial charge in [-0.2, -0.15) is 0 Å². The number of hydrogen-bond acceptors (Lipinski definition) is 3. The van der Waals surface area contributed by atoms with Crippen LogP contribution in [0.2, 0.25) is 5.15 Å². The number of nitrogens with zero attached hydrogens (tertiary/aromatic N) is 1. The molecule has 1 aromatic heterocycles. The fraction of sp³-hybridized carbons (Fsp3) is 0.143. The molecule has 0 saturated heterocycles. The molecule has 2 aromatic rings. The Bertz CT molecular complexity index is 597. The Morgan fingerprint density at radius 2 is 2.05 bits per heavy atom. The zero-order valence-corrected chi connectivity index (χ0v) is 11.1. The molecule has 0 fully saturated rings. The second-order valence-electron chi connectivity index (χ2n) is 4.19. The van der Waals surface area contributed by atoms with Crippen LogP contribution in [0.3, 0.4) is 0 Å². The standard InChI is InChI=1S/C14H13ClN2O2/c1-9-6-12(8-17-13(9)15)16-7-10-2-4-11(5-3-10)14(18)19/h2-6,8,16H,7H2,1H3,(H,18,19). The van der Waals surface area contributed by atoms with Gasteiger partial charge in [-0.05, 0) is 36.2 Å². The summed E-state index contributed by atoms with van der Waals surface area (Å²) in [6.45, 7) is 2.49. The lowest BCUT2D eigenvalue weighted by Gasteiger charge is -2.07. The molecular weight excluding hydrogens is 264 g/mol. The van der Waals surface area contributed by atoms with E-state index in [0.29, 0.717) is 11.7 Å². The molecule has 0 spiro atoms. The van der Waals surface area contributed by atoms with Crippen LogP contribution in [0.15, 0.2) is 36.5 Å². The molecule has 2 rings (SSSR count). The van der Waals surface area contributed by atoms with Crippen molar-refractivity contribution in [1.29, 1.82) is 0 Å². The van der Waals surface area contributed by atoms with Crippen LogP contribution in [0.5, 0.6) is 0 Å². The average Bonchev–Trinajstić information content (AvgIpc) is 2.40. The van der Waals surface area contributed by atoms with Gasteiger partial charge < -0.3 is 10.4 Å². The van der Waals surface area contributed by atoms with Crippen LogP contribution in [-0.4, -0.2) is 16.1 Å². The average molecular weight is 277 g/mol. The van der Waals surface area contributed by atoms with E-state index in [9.17, 15) is 4.79 Å². The van der Waals surface area contributed by atoms with Crippen LogP contribution in [0.25, 0.3) is 0 Å². The SMILES string of the molecule is Cc1cc(NCc2ccc(C(=O)O)cc2)cnc1Cl. The fourth-order valence-electron chi connectivity index (χ4n) is 1.62. The van der Waals surface area contributed by atoms with Crippen LogP contribution in [0, 0.1) is 6.92 Å². The first-order valence-corrected chi connectivity index (χ1v) is 6.12. The third-order valence-corrected chi connectivity index (χ3v) is 3.11. The van der Waals surface area contributed by atoms with E-state index in [-0.39, 0.29) is 5.56 Å². The number of halogens is 1. The van der Waals surface area contributed by atoms with E-state index >= 15 is 0 Å².